The van der Waals surface area contributed by atoms with Gasteiger partial charge in [0.15, 0.2) is 6.61 Å². The smallest absolute Gasteiger partial charge is 0.340 e. The average Bonchev–Trinajstić information content (AvgIpc) is 2.60. The quantitative estimate of drug-likeness (QED) is 0.463. The first-order chi connectivity index (χ1) is 12.3. The van der Waals surface area contributed by atoms with Crippen molar-refractivity contribution in [1.82, 2.24) is 0 Å². The Bertz CT molecular complexity index is 851. The summed E-state index contributed by atoms with van der Waals surface area (Å²) in [6.07, 6.45) is 0. The van der Waals surface area contributed by atoms with Crippen LogP contribution < -0.4 is 5.32 Å². The van der Waals surface area contributed by atoms with Gasteiger partial charge in [-0.3, -0.25) is 14.9 Å². The maximum Gasteiger partial charge on any atom is 0.340 e. The first kappa shape index (κ1) is 19.4. The summed E-state index contributed by atoms with van der Waals surface area (Å²) >= 11 is 5.87. The monoisotopic (exact) mass is 376 g/mol. The second kappa shape index (κ2) is 8.44. The van der Waals surface area contributed by atoms with Gasteiger partial charge < -0.3 is 10.1 Å². The predicted octanol–water partition coefficient (Wildman–Crippen LogP) is 4.17. The van der Waals surface area contributed by atoms with Crippen LogP contribution in [0.1, 0.15) is 35.7 Å². The number of nitro benzene ring substituents is 1. The summed E-state index contributed by atoms with van der Waals surface area (Å²) in [6.45, 7) is 3.45. The molecule has 0 aliphatic heterocycles. The molecule has 0 bridgehead atoms. The lowest BCUT2D eigenvalue weighted by molar-refractivity contribution is -0.384. The number of nitrogens with zero attached hydrogens (tertiary/aromatic N) is 1. The Balaban J connectivity index is 2.03. The fourth-order valence-electron chi connectivity index (χ4n) is 2.29. The number of rotatable bonds is 6. The number of benzene rings is 2. The van der Waals surface area contributed by atoms with E-state index in [4.69, 9.17) is 16.3 Å². The topological polar surface area (TPSA) is 98.5 Å². The maximum atomic E-state index is 12.1. The van der Waals surface area contributed by atoms with E-state index in [9.17, 15) is 19.7 Å². The number of amides is 1. The molecule has 2 aromatic carbocycles. The van der Waals surface area contributed by atoms with Crippen LogP contribution in [-0.4, -0.2) is 23.4 Å². The van der Waals surface area contributed by atoms with Crippen LogP contribution in [0.2, 0.25) is 5.02 Å². The molecule has 0 aromatic heterocycles. The number of ether oxygens (including phenoxy) is 1. The Morgan fingerprint density at radius 2 is 1.92 bits per heavy atom. The van der Waals surface area contributed by atoms with E-state index in [1.165, 1.54) is 12.1 Å². The summed E-state index contributed by atoms with van der Waals surface area (Å²) in [7, 11) is 0. The van der Waals surface area contributed by atoms with Gasteiger partial charge in [0.25, 0.3) is 11.6 Å². The minimum atomic E-state index is -0.911. The largest absolute Gasteiger partial charge is 0.452 e. The Labute approximate surface area is 155 Å². The average molecular weight is 377 g/mol. The van der Waals surface area contributed by atoms with Gasteiger partial charge in [-0.05, 0) is 23.6 Å². The number of nitro groups is 1. The first-order valence-electron chi connectivity index (χ1n) is 7.79. The summed E-state index contributed by atoms with van der Waals surface area (Å²) in [4.78, 5) is 34.3. The molecular weight excluding hydrogens is 360 g/mol. The number of hydrogen-bond acceptors (Lipinski definition) is 5. The fraction of sp³-hybridized carbons (Fsp3) is 0.222. The molecule has 0 fully saturated rings. The van der Waals surface area contributed by atoms with Crippen molar-refractivity contribution < 1.29 is 19.2 Å². The third-order valence-electron chi connectivity index (χ3n) is 3.57. The molecule has 0 spiro atoms. The van der Waals surface area contributed by atoms with E-state index >= 15 is 0 Å². The van der Waals surface area contributed by atoms with E-state index in [1.54, 1.807) is 12.1 Å². The second-order valence-corrected chi connectivity index (χ2v) is 6.19. The fourth-order valence-corrected chi connectivity index (χ4v) is 2.49. The molecule has 136 valence electrons. The molecule has 7 nitrogen and oxygen atoms in total. The Morgan fingerprint density at radius 3 is 2.58 bits per heavy atom. The van der Waals surface area contributed by atoms with Gasteiger partial charge in [0, 0.05) is 17.8 Å². The molecule has 0 unspecified atom stereocenters. The standard InChI is InChI=1S/C18H17ClN2O5/c1-11(2)13-5-3-4-6-16(13)20-17(22)10-26-18(23)14-9-12(21(24)25)7-8-15(14)19/h3-9,11H,10H2,1-2H3,(H,20,22). The van der Waals surface area contributed by atoms with Gasteiger partial charge in [-0.2, -0.15) is 0 Å². The van der Waals surface area contributed by atoms with Crippen molar-refractivity contribution in [2.45, 2.75) is 19.8 Å². The third-order valence-corrected chi connectivity index (χ3v) is 3.90. The number of hydrogen-bond donors (Lipinski definition) is 1. The lowest BCUT2D eigenvalue weighted by Gasteiger charge is -2.13. The highest BCUT2D eigenvalue weighted by Gasteiger charge is 2.18. The summed E-state index contributed by atoms with van der Waals surface area (Å²) < 4.78 is 4.92. The van der Waals surface area contributed by atoms with Crippen molar-refractivity contribution in [3.63, 3.8) is 0 Å². The summed E-state index contributed by atoms with van der Waals surface area (Å²) in [5, 5.41) is 13.5. The molecule has 26 heavy (non-hydrogen) atoms. The number of nitrogens with one attached hydrogen (secondary N) is 1. The molecular formula is C18H17ClN2O5. The van der Waals surface area contributed by atoms with E-state index in [2.05, 4.69) is 5.32 Å². The normalized spacial score (nSPS) is 10.5. The lowest BCUT2D eigenvalue weighted by atomic mass is 10.0. The summed E-state index contributed by atoms with van der Waals surface area (Å²) in [5.41, 5.74) is 1.12. The maximum absolute atomic E-state index is 12.1. The molecule has 2 rings (SSSR count). The van der Waals surface area contributed by atoms with Gasteiger partial charge in [-0.1, -0.05) is 43.6 Å². The Kier molecular flexibility index (Phi) is 6.30. The molecule has 8 heteroatoms. The molecule has 0 aliphatic carbocycles. The van der Waals surface area contributed by atoms with Crippen molar-refractivity contribution in [3.8, 4) is 0 Å². The van der Waals surface area contributed by atoms with Crippen LogP contribution in [0.3, 0.4) is 0 Å². The number of para-hydroxylation sites is 1. The highest BCUT2D eigenvalue weighted by molar-refractivity contribution is 6.33. The number of non-ortho nitro benzene ring substituents is 1. The van der Waals surface area contributed by atoms with Gasteiger partial charge in [0.1, 0.15) is 0 Å². The Hall–Kier alpha value is -2.93. The molecule has 0 saturated carbocycles. The number of carbonyl (C=O) groups is 2. The minimum absolute atomic E-state index is 0.00571. The van der Waals surface area contributed by atoms with E-state index in [0.717, 1.165) is 11.6 Å². The van der Waals surface area contributed by atoms with Gasteiger partial charge in [0.2, 0.25) is 0 Å². The SMILES string of the molecule is CC(C)c1ccccc1NC(=O)COC(=O)c1cc([N+](=O)[O-])ccc1Cl. The molecule has 1 amide bonds. The highest BCUT2D eigenvalue weighted by Crippen LogP contribution is 2.24. The summed E-state index contributed by atoms with van der Waals surface area (Å²) in [6, 6.07) is 10.7. The van der Waals surface area contributed by atoms with Crippen LogP contribution in [0.4, 0.5) is 11.4 Å². The number of esters is 1. The van der Waals surface area contributed by atoms with E-state index < -0.39 is 23.4 Å². The second-order valence-electron chi connectivity index (χ2n) is 5.79. The van der Waals surface area contributed by atoms with Crippen LogP contribution >= 0.6 is 11.6 Å². The molecule has 0 atom stereocenters. The minimum Gasteiger partial charge on any atom is -0.452 e. The van der Waals surface area contributed by atoms with Crippen LogP contribution in [0.5, 0.6) is 0 Å². The van der Waals surface area contributed by atoms with Crippen LogP contribution in [0, 0.1) is 10.1 Å². The number of halogens is 1. The van der Waals surface area contributed by atoms with Gasteiger partial charge >= 0.3 is 5.97 Å². The van der Waals surface area contributed by atoms with Crippen LogP contribution in [-0.2, 0) is 9.53 Å². The molecule has 0 saturated heterocycles. The third kappa shape index (κ3) is 4.80. The van der Waals surface area contributed by atoms with Crippen molar-refractivity contribution in [2.24, 2.45) is 0 Å². The Morgan fingerprint density at radius 1 is 1.23 bits per heavy atom. The van der Waals surface area contributed by atoms with Crippen molar-refractivity contribution in [1.29, 1.82) is 0 Å². The van der Waals surface area contributed by atoms with Crippen LogP contribution in [0.15, 0.2) is 42.5 Å². The lowest BCUT2D eigenvalue weighted by Crippen LogP contribution is -2.21. The number of carbonyl (C=O) groups excluding carboxylic acids is 2. The van der Waals surface area contributed by atoms with Crippen molar-refractivity contribution >= 4 is 34.9 Å². The molecule has 0 aliphatic rings. The zero-order valence-electron chi connectivity index (χ0n) is 14.2. The summed E-state index contributed by atoms with van der Waals surface area (Å²) in [5.74, 6) is -1.23. The number of anilines is 1. The predicted molar refractivity (Wildman–Crippen MR) is 97.5 cm³/mol. The van der Waals surface area contributed by atoms with Crippen molar-refractivity contribution in [3.05, 3.63) is 68.7 Å². The highest BCUT2D eigenvalue weighted by atomic mass is 35.5. The molecule has 0 radical (unpaired) electrons. The zero-order chi connectivity index (χ0) is 19.3. The molecule has 1 N–H and O–H groups in total. The molecule has 2 aromatic rings. The van der Waals surface area contributed by atoms with Crippen LogP contribution in [0.25, 0.3) is 0 Å². The van der Waals surface area contributed by atoms with Gasteiger partial charge in [-0.15, -0.1) is 0 Å². The van der Waals surface area contributed by atoms with Gasteiger partial charge in [-0.25, -0.2) is 4.79 Å². The molecule has 0 heterocycles. The van der Waals surface area contributed by atoms with E-state index in [1.807, 2.05) is 26.0 Å². The van der Waals surface area contributed by atoms with Crippen molar-refractivity contribution in [2.75, 3.05) is 11.9 Å². The van der Waals surface area contributed by atoms with Gasteiger partial charge in [0.05, 0.1) is 15.5 Å². The van der Waals surface area contributed by atoms with E-state index in [-0.39, 0.29) is 22.2 Å². The van der Waals surface area contributed by atoms with E-state index in [0.29, 0.717) is 5.69 Å². The zero-order valence-corrected chi connectivity index (χ0v) is 14.9. The first-order valence-corrected chi connectivity index (χ1v) is 8.17.